The first-order valence-electron chi connectivity index (χ1n) is 5.40. The van der Waals surface area contributed by atoms with Crippen LogP contribution < -0.4 is 5.32 Å². The average molecular weight is 218 g/mol. The minimum absolute atomic E-state index is 0.0253. The Labute approximate surface area is 93.2 Å². The third-order valence-electron chi connectivity index (χ3n) is 2.38. The second kappa shape index (κ2) is 4.74. The van der Waals surface area contributed by atoms with Crippen molar-refractivity contribution >= 4 is 22.6 Å². The molecule has 0 aliphatic heterocycles. The number of benzene rings is 1. The van der Waals surface area contributed by atoms with Gasteiger partial charge >= 0.3 is 0 Å². The van der Waals surface area contributed by atoms with Crippen molar-refractivity contribution < 1.29 is 4.79 Å². The second-order valence-electron chi connectivity index (χ2n) is 3.65. The first-order valence-corrected chi connectivity index (χ1v) is 5.40. The average Bonchev–Trinajstić information content (AvgIpc) is 2.75. The normalized spacial score (nSPS) is 10.6. The van der Waals surface area contributed by atoms with E-state index in [9.17, 15) is 4.79 Å². The van der Waals surface area contributed by atoms with Crippen molar-refractivity contribution in [3.8, 4) is 0 Å². The predicted octanol–water partition coefficient (Wildman–Crippen LogP) is 2.09. The molecule has 1 heterocycles. The highest BCUT2D eigenvalue weighted by Crippen LogP contribution is 2.18. The molecule has 0 aliphatic rings. The van der Waals surface area contributed by atoms with Gasteiger partial charge in [-0.05, 0) is 18.6 Å². The molecule has 0 saturated carbocycles. The van der Waals surface area contributed by atoms with Gasteiger partial charge in [-0.25, -0.2) is 0 Å². The van der Waals surface area contributed by atoms with E-state index in [0.29, 0.717) is 17.6 Å². The molecule has 1 amide bonds. The topological polar surface area (TPSA) is 70.7 Å². The van der Waals surface area contributed by atoms with Gasteiger partial charge in [0.05, 0.1) is 5.69 Å². The lowest BCUT2D eigenvalue weighted by Crippen LogP contribution is -2.11. The number of anilines is 1. The SMILES string of the molecule is CCCCC(=O)Nc1cccc2n[nH]nc12. The van der Waals surface area contributed by atoms with Crippen LogP contribution >= 0.6 is 0 Å². The van der Waals surface area contributed by atoms with Crippen LogP contribution in [-0.2, 0) is 4.79 Å². The van der Waals surface area contributed by atoms with Gasteiger partial charge in [0.2, 0.25) is 5.91 Å². The summed E-state index contributed by atoms with van der Waals surface area (Å²) in [6.45, 7) is 2.06. The zero-order valence-corrected chi connectivity index (χ0v) is 9.16. The largest absolute Gasteiger partial charge is 0.324 e. The Kier molecular flexibility index (Phi) is 3.14. The maximum Gasteiger partial charge on any atom is 0.224 e. The number of nitrogens with zero attached hydrogens (tertiary/aromatic N) is 2. The predicted molar refractivity (Wildman–Crippen MR) is 62.0 cm³/mol. The van der Waals surface area contributed by atoms with Crippen LogP contribution in [0.2, 0.25) is 0 Å². The van der Waals surface area contributed by atoms with Crippen molar-refractivity contribution in [1.82, 2.24) is 15.4 Å². The fraction of sp³-hybridized carbons (Fsp3) is 0.364. The zero-order chi connectivity index (χ0) is 11.4. The van der Waals surface area contributed by atoms with Crippen molar-refractivity contribution in [2.45, 2.75) is 26.2 Å². The third kappa shape index (κ3) is 2.18. The van der Waals surface area contributed by atoms with E-state index in [1.54, 1.807) is 0 Å². The van der Waals surface area contributed by atoms with Crippen LogP contribution in [0.4, 0.5) is 5.69 Å². The van der Waals surface area contributed by atoms with Crippen LogP contribution in [0.5, 0.6) is 0 Å². The first kappa shape index (κ1) is 10.6. The van der Waals surface area contributed by atoms with Crippen molar-refractivity contribution in [1.29, 1.82) is 0 Å². The van der Waals surface area contributed by atoms with Gasteiger partial charge in [-0.15, -0.1) is 0 Å². The Morgan fingerprint density at radius 2 is 2.31 bits per heavy atom. The molecule has 0 aliphatic carbocycles. The highest BCUT2D eigenvalue weighted by Gasteiger charge is 2.07. The minimum atomic E-state index is 0.0253. The molecule has 0 spiro atoms. The summed E-state index contributed by atoms with van der Waals surface area (Å²) in [7, 11) is 0. The molecule has 0 bridgehead atoms. The number of unbranched alkanes of at least 4 members (excludes halogenated alkanes) is 1. The van der Waals surface area contributed by atoms with Crippen LogP contribution in [0.15, 0.2) is 18.2 Å². The maximum absolute atomic E-state index is 11.6. The van der Waals surface area contributed by atoms with Gasteiger partial charge in [-0.2, -0.15) is 15.4 Å². The summed E-state index contributed by atoms with van der Waals surface area (Å²) in [6.07, 6.45) is 2.47. The second-order valence-corrected chi connectivity index (χ2v) is 3.65. The van der Waals surface area contributed by atoms with E-state index in [1.165, 1.54) is 0 Å². The van der Waals surface area contributed by atoms with Crippen LogP contribution in [0, 0.1) is 0 Å². The lowest BCUT2D eigenvalue weighted by Gasteiger charge is -2.04. The molecule has 2 aromatic rings. The highest BCUT2D eigenvalue weighted by atomic mass is 16.1. The van der Waals surface area contributed by atoms with Gasteiger partial charge in [-0.3, -0.25) is 4.79 Å². The molecule has 2 rings (SSSR count). The highest BCUT2D eigenvalue weighted by molar-refractivity contribution is 5.98. The Bertz CT molecular complexity index is 491. The monoisotopic (exact) mass is 218 g/mol. The number of carbonyl (C=O) groups is 1. The number of rotatable bonds is 4. The van der Waals surface area contributed by atoms with Crippen molar-refractivity contribution in [2.24, 2.45) is 0 Å². The summed E-state index contributed by atoms with van der Waals surface area (Å²) in [5.41, 5.74) is 2.17. The molecular weight excluding hydrogens is 204 g/mol. The molecule has 5 nitrogen and oxygen atoms in total. The van der Waals surface area contributed by atoms with Crippen LogP contribution in [0.1, 0.15) is 26.2 Å². The molecule has 1 aromatic carbocycles. The number of amides is 1. The minimum Gasteiger partial charge on any atom is -0.324 e. The number of aromatic nitrogens is 3. The number of nitrogens with one attached hydrogen (secondary N) is 2. The number of aromatic amines is 1. The summed E-state index contributed by atoms with van der Waals surface area (Å²) in [5.74, 6) is 0.0253. The van der Waals surface area contributed by atoms with E-state index in [2.05, 4.69) is 27.7 Å². The number of hydrogen-bond donors (Lipinski definition) is 2. The Morgan fingerprint density at radius 1 is 1.44 bits per heavy atom. The third-order valence-corrected chi connectivity index (χ3v) is 2.38. The van der Waals surface area contributed by atoms with Crippen molar-refractivity contribution in [3.05, 3.63) is 18.2 Å². The van der Waals surface area contributed by atoms with Gasteiger partial charge < -0.3 is 5.32 Å². The molecule has 16 heavy (non-hydrogen) atoms. The number of hydrogen-bond acceptors (Lipinski definition) is 3. The molecular formula is C11H14N4O. The number of carbonyl (C=O) groups excluding carboxylic acids is 1. The van der Waals surface area contributed by atoms with E-state index in [-0.39, 0.29) is 5.91 Å². The summed E-state index contributed by atoms with van der Waals surface area (Å²) in [5, 5.41) is 13.4. The van der Waals surface area contributed by atoms with Crippen LogP contribution in [0.3, 0.4) is 0 Å². The van der Waals surface area contributed by atoms with Crippen LogP contribution in [-0.4, -0.2) is 21.3 Å². The summed E-state index contributed by atoms with van der Waals surface area (Å²) in [6, 6.07) is 5.52. The molecule has 0 fully saturated rings. The summed E-state index contributed by atoms with van der Waals surface area (Å²) in [4.78, 5) is 11.6. The smallest absolute Gasteiger partial charge is 0.224 e. The van der Waals surface area contributed by atoms with Crippen molar-refractivity contribution in [3.63, 3.8) is 0 Å². The molecule has 0 radical (unpaired) electrons. The summed E-state index contributed by atoms with van der Waals surface area (Å²) < 4.78 is 0. The lowest BCUT2D eigenvalue weighted by atomic mass is 10.2. The molecule has 84 valence electrons. The van der Waals surface area contributed by atoms with E-state index in [4.69, 9.17) is 0 Å². The summed E-state index contributed by atoms with van der Waals surface area (Å²) >= 11 is 0. The fourth-order valence-corrected chi connectivity index (χ4v) is 1.52. The quantitative estimate of drug-likeness (QED) is 0.825. The van der Waals surface area contributed by atoms with Gasteiger partial charge in [-0.1, -0.05) is 19.4 Å². The fourth-order valence-electron chi connectivity index (χ4n) is 1.52. The molecule has 0 saturated heterocycles. The first-order chi connectivity index (χ1) is 7.81. The molecule has 0 atom stereocenters. The zero-order valence-electron chi connectivity index (χ0n) is 9.16. The molecule has 1 aromatic heterocycles. The molecule has 5 heteroatoms. The van der Waals surface area contributed by atoms with E-state index < -0.39 is 0 Å². The number of fused-ring (bicyclic) bond motifs is 1. The van der Waals surface area contributed by atoms with Gasteiger partial charge in [0, 0.05) is 6.42 Å². The van der Waals surface area contributed by atoms with Crippen molar-refractivity contribution in [2.75, 3.05) is 5.32 Å². The Morgan fingerprint density at radius 3 is 3.12 bits per heavy atom. The van der Waals surface area contributed by atoms with E-state index in [1.807, 2.05) is 18.2 Å². The Balaban J connectivity index is 2.14. The lowest BCUT2D eigenvalue weighted by molar-refractivity contribution is -0.116. The maximum atomic E-state index is 11.6. The van der Waals surface area contributed by atoms with Crippen LogP contribution in [0.25, 0.3) is 11.0 Å². The van der Waals surface area contributed by atoms with E-state index in [0.717, 1.165) is 18.4 Å². The molecule has 0 unspecified atom stereocenters. The van der Waals surface area contributed by atoms with Gasteiger partial charge in [0.25, 0.3) is 0 Å². The van der Waals surface area contributed by atoms with E-state index >= 15 is 0 Å². The molecule has 2 N–H and O–H groups in total. The Hall–Kier alpha value is -1.91. The number of H-pyrrole nitrogens is 1. The van der Waals surface area contributed by atoms with Gasteiger partial charge in [0.1, 0.15) is 11.0 Å². The van der Waals surface area contributed by atoms with Gasteiger partial charge in [0.15, 0.2) is 0 Å². The number of para-hydroxylation sites is 1. The standard InChI is InChI=1S/C11H14N4O/c1-2-3-7-10(16)12-8-5-4-6-9-11(8)14-15-13-9/h4-6H,2-3,7H2,1H3,(H,12,16)(H,13,14,15).